The fraction of sp³-hybridized carbons (Fsp3) is 0.300. The maximum absolute atomic E-state index is 13.9. The van der Waals surface area contributed by atoms with Gasteiger partial charge in [0, 0.05) is 49.5 Å². The summed E-state index contributed by atoms with van der Waals surface area (Å²) in [5, 5.41) is 7.47. The van der Waals surface area contributed by atoms with Crippen LogP contribution in [0.2, 0.25) is 0 Å². The van der Waals surface area contributed by atoms with Gasteiger partial charge in [-0.3, -0.25) is 24.9 Å². The van der Waals surface area contributed by atoms with E-state index in [1.54, 1.807) is 36.5 Å². The van der Waals surface area contributed by atoms with E-state index in [-0.39, 0.29) is 29.6 Å². The SMILES string of the molecule is CC(=O)Nc1ccc2oc(-c3ccnc(C(=O)N4C5CCC4CN(C(C4=NNN(C(F)F)N4)c4ccccc4)C5)c3)nc2c1. The largest absolute Gasteiger partial charge is 0.436 e. The number of hydrogen-bond donors (Lipinski definition) is 3. The highest BCUT2D eigenvalue weighted by molar-refractivity contribution is 5.95. The second-order valence-corrected chi connectivity index (χ2v) is 11.0. The lowest BCUT2D eigenvalue weighted by molar-refractivity contribution is -0.114. The average Bonchev–Trinajstić information content (AvgIpc) is 3.74. The Bertz CT molecular complexity index is 1730. The number of alkyl halides is 2. The van der Waals surface area contributed by atoms with Crippen LogP contribution in [0.15, 0.2) is 76.4 Å². The van der Waals surface area contributed by atoms with Gasteiger partial charge in [0.25, 0.3) is 5.91 Å². The molecular formula is C30H29F2N9O3. The molecule has 5 heterocycles. The molecule has 0 saturated carbocycles. The third-order valence-corrected chi connectivity index (χ3v) is 8.13. The molecule has 3 atom stereocenters. The average molecular weight is 602 g/mol. The van der Waals surface area contributed by atoms with E-state index < -0.39 is 12.6 Å². The van der Waals surface area contributed by atoms with Crippen LogP contribution >= 0.6 is 0 Å². The van der Waals surface area contributed by atoms with Crippen molar-refractivity contribution >= 4 is 34.4 Å². The zero-order valence-electron chi connectivity index (χ0n) is 23.7. The van der Waals surface area contributed by atoms with Gasteiger partial charge < -0.3 is 14.6 Å². The number of amides is 2. The summed E-state index contributed by atoms with van der Waals surface area (Å²) >= 11 is 0. The first-order chi connectivity index (χ1) is 21.3. The minimum absolute atomic E-state index is 0.0874. The number of fused-ring (bicyclic) bond motifs is 3. The van der Waals surface area contributed by atoms with E-state index in [2.05, 4.69) is 36.2 Å². The second-order valence-electron chi connectivity index (χ2n) is 11.0. The maximum atomic E-state index is 13.9. The maximum Gasteiger partial charge on any atom is 0.329 e. The number of nitrogens with one attached hydrogen (secondary N) is 3. The summed E-state index contributed by atoms with van der Waals surface area (Å²) in [4.78, 5) is 38.4. The Balaban J connectivity index is 1.11. The van der Waals surface area contributed by atoms with E-state index >= 15 is 0 Å². The van der Waals surface area contributed by atoms with E-state index in [0.717, 1.165) is 18.4 Å². The fourth-order valence-corrected chi connectivity index (χ4v) is 6.30. The summed E-state index contributed by atoms with van der Waals surface area (Å²) in [6.45, 7) is -0.265. The lowest BCUT2D eigenvalue weighted by Gasteiger charge is -2.44. The molecule has 3 aliphatic heterocycles. The van der Waals surface area contributed by atoms with Crippen molar-refractivity contribution in [2.24, 2.45) is 5.10 Å². The molecule has 2 amide bonds. The highest BCUT2D eigenvalue weighted by Gasteiger charge is 2.46. The summed E-state index contributed by atoms with van der Waals surface area (Å²) in [5.74, 6) is 0.343. The van der Waals surface area contributed by atoms with Crippen molar-refractivity contribution in [1.82, 2.24) is 35.8 Å². The number of hydrazine groups is 2. The van der Waals surface area contributed by atoms with E-state index in [1.807, 2.05) is 35.2 Å². The molecule has 4 aromatic rings. The van der Waals surface area contributed by atoms with Gasteiger partial charge in [0.1, 0.15) is 11.2 Å². The number of aromatic nitrogens is 2. The van der Waals surface area contributed by atoms with E-state index in [4.69, 9.17) is 4.42 Å². The molecule has 0 radical (unpaired) electrons. The van der Waals surface area contributed by atoms with Gasteiger partial charge in [-0.15, -0.1) is 5.10 Å². The normalized spacial score (nSPS) is 20.8. The van der Waals surface area contributed by atoms with Gasteiger partial charge in [-0.05, 0) is 48.7 Å². The summed E-state index contributed by atoms with van der Waals surface area (Å²) < 4.78 is 32.6. The first-order valence-electron chi connectivity index (χ1n) is 14.3. The number of hydrogen-bond acceptors (Lipinski definition) is 10. The molecule has 226 valence electrons. The number of pyridine rings is 1. The minimum Gasteiger partial charge on any atom is -0.436 e. The Hall–Kier alpha value is -4.95. The van der Waals surface area contributed by atoms with Gasteiger partial charge in [-0.2, -0.15) is 8.78 Å². The first kappa shape index (κ1) is 27.9. The molecule has 0 aliphatic carbocycles. The van der Waals surface area contributed by atoms with Crippen molar-refractivity contribution in [3.63, 3.8) is 0 Å². The van der Waals surface area contributed by atoms with Crippen LogP contribution in [-0.2, 0) is 4.79 Å². The molecule has 2 bridgehead atoms. The van der Waals surface area contributed by atoms with E-state index in [9.17, 15) is 18.4 Å². The standard InChI is InChI=1S/C30H29F2N9O3/c1-17(42)34-20-7-10-25-23(14-20)35-28(44-25)19-11-12-33-24(13-19)29(43)40-21-8-9-22(40)16-39(15-21)26(18-5-3-2-4-6-18)27-36-38-41(37-27)30(31)32/h2-7,10-14,21-22,26,30,38H,8-9,15-16H2,1H3,(H,34,42)(H,36,37). The Morgan fingerprint density at radius 3 is 2.52 bits per heavy atom. The molecule has 0 spiro atoms. The van der Waals surface area contributed by atoms with Crippen LogP contribution in [0.3, 0.4) is 0 Å². The Kier molecular flexibility index (Phi) is 7.14. The van der Waals surface area contributed by atoms with Crippen molar-refractivity contribution in [2.75, 3.05) is 18.4 Å². The Morgan fingerprint density at radius 1 is 1.05 bits per heavy atom. The number of piperazine rings is 1. The summed E-state index contributed by atoms with van der Waals surface area (Å²) in [5.41, 5.74) is 8.58. The molecule has 3 unspecified atom stereocenters. The quantitative estimate of drug-likeness (QED) is 0.271. The molecule has 2 saturated heterocycles. The third kappa shape index (κ3) is 5.22. The third-order valence-electron chi connectivity index (χ3n) is 8.13. The van der Waals surface area contributed by atoms with Crippen molar-refractivity contribution in [3.8, 4) is 11.5 Å². The minimum atomic E-state index is -2.78. The monoisotopic (exact) mass is 601 g/mol. The topological polar surface area (TPSA) is 131 Å². The van der Waals surface area contributed by atoms with Crippen molar-refractivity contribution in [3.05, 3.63) is 78.1 Å². The van der Waals surface area contributed by atoms with Crippen LogP contribution in [0.1, 0.15) is 41.9 Å². The van der Waals surface area contributed by atoms with Crippen LogP contribution < -0.4 is 16.3 Å². The molecule has 2 fully saturated rings. The number of halogens is 2. The zero-order valence-corrected chi connectivity index (χ0v) is 23.7. The molecule has 3 aliphatic rings. The predicted molar refractivity (Wildman–Crippen MR) is 157 cm³/mol. The molecule has 12 nitrogen and oxygen atoms in total. The van der Waals surface area contributed by atoms with Crippen molar-refractivity contribution in [2.45, 2.75) is 44.4 Å². The van der Waals surface area contributed by atoms with Gasteiger partial charge >= 0.3 is 6.55 Å². The first-order valence-corrected chi connectivity index (χ1v) is 14.3. The van der Waals surface area contributed by atoms with E-state index in [0.29, 0.717) is 52.3 Å². The zero-order chi connectivity index (χ0) is 30.4. The highest BCUT2D eigenvalue weighted by Crippen LogP contribution is 2.36. The van der Waals surface area contributed by atoms with Gasteiger partial charge in [0.15, 0.2) is 11.4 Å². The number of oxazole rings is 1. The number of carbonyl (C=O) groups is 2. The molecule has 2 aromatic heterocycles. The van der Waals surface area contributed by atoms with Gasteiger partial charge in [-0.25, -0.2) is 10.5 Å². The van der Waals surface area contributed by atoms with Gasteiger partial charge in [0.2, 0.25) is 11.8 Å². The van der Waals surface area contributed by atoms with Crippen molar-refractivity contribution in [1.29, 1.82) is 0 Å². The van der Waals surface area contributed by atoms with Crippen LogP contribution in [-0.4, -0.2) is 74.3 Å². The summed E-state index contributed by atoms with van der Waals surface area (Å²) in [7, 11) is 0. The van der Waals surface area contributed by atoms with Crippen LogP contribution in [0.5, 0.6) is 0 Å². The number of rotatable bonds is 7. The molecule has 2 aromatic carbocycles. The molecule has 7 rings (SSSR count). The number of amidine groups is 1. The molecule has 44 heavy (non-hydrogen) atoms. The lowest BCUT2D eigenvalue weighted by Crippen LogP contribution is -2.58. The second kappa shape index (κ2) is 11.3. The number of nitrogens with zero attached hydrogens (tertiary/aromatic N) is 6. The number of hydrazone groups is 1. The van der Waals surface area contributed by atoms with Gasteiger partial charge in [0.05, 0.1) is 6.04 Å². The van der Waals surface area contributed by atoms with E-state index in [1.165, 1.54) is 6.92 Å². The van der Waals surface area contributed by atoms with Crippen molar-refractivity contribution < 1.29 is 22.8 Å². The number of anilines is 1. The Morgan fingerprint density at radius 2 is 1.82 bits per heavy atom. The highest BCUT2D eigenvalue weighted by atomic mass is 19.3. The molecule has 14 heteroatoms. The van der Waals surface area contributed by atoms with Crippen LogP contribution in [0.25, 0.3) is 22.6 Å². The van der Waals surface area contributed by atoms with Gasteiger partial charge in [-0.1, -0.05) is 35.4 Å². The van der Waals surface area contributed by atoms with Crippen LogP contribution in [0.4, 0.5) is 14.5 Å². The number of likely N-dealkylation sites (tertiary alicyclic amines) is 1. The lowest BCUT2D eigenvalue weighted by atomic mass is 10.0. The summed E-state index contributed by atoms with van der Waals surface area (Å²) in [6, 6.07) is 17.6. The molecular weight excluding hydrogens is 572 g/mol. The predicted octanol–water partition coefficient (Wildman–Crippen LogP) is 3.74. The Labute approximate surface area is 250 Å². The number of carbonyl (C=O) groups excluding carboxylic acids is 2. The fourth-order valence-electron chi connectivity index (χ4n) is 6.30. The molecule has 3 N–H and O–H groups in total. The summed E-state index contributed by atoms with van der Waals surface area (Å²) in [6.07, 6.45) is 3.20. The smallest absolute Gasteiger partial charge is 0.329 e. The number of benzene rings is 2. The van der Waals surface area contributed by atoms with Crippen LogP contribution in [0, 0.1) is 0 Å².